The second-order valence-electron chi connectivity index (χ2n) is 4.60. The summed E-state index contributed by atoms with van der Waals surface area (Å²) in [4.78, 5) is 3.82. The number of thiophene rings is 1. The molecule has 0 aliphatic carbocycles. The zero-order valence-corrected chi connectivity index (χ0v) is 11.1. The maximum atomic E-state index is 5.86. The van der Waals surface area contributed by atoms with Crippen LogP contribution in [-0.4, -0.2) is 24.6 Å². The Hall–Kier alpha value is -1.16. The van der Waals surface area contributed by atoms with E-state index in [-0.39, 0.29) is 6.10 Å². The summed E-state index contributed by atoms with van der Waals surface area (Å²) in [6.45, 7) is 3.87. The molecule has 0 N–H and O–H groups in total. The molecule has 2 nitrogen and oxygen atoms in total. The number of morpholine rings is 1. The highest BCUT2D eigenvalue weighted by Gasteiger charge is 2.22. The smallest absolute Gasteiger partial charge is 0.104 e. The molecule has 1 saturated heterocycles. The lowest BCUT2D eigenvalue weighted by atomic mass is 10.2. The first kappa shape index (κ1) is 11.9. The van der Waals surface area contributed by atoms with Gasteiger partial charge in [-0.2, -0.15) is 0 Å². The van der Waals surface area contributed by atoms with E-state index in [1.54, 1.807) is 11.3 Å². The average Bonchev–Trinajstić information content (AvgIpc) is 2.94. The Labute approximate surface area is 112 Å². The Balaban J connectivity index is 1.64. The van der Waals surface area contributed by atoms with Crippen LogP contribution in [0.2, 0.25) is 0 Å². The summed E-state index contributed by atoms with van der Waals surface area (Å²) in [5, 5.41) is 2.12. The van der Waals surface area contributed by atoms with Crippen molar-refractivity contribution in [1.82, 2.24) is 4.90 Å². The van der Waals surface area contributed by atoms with Crippen molar-refractivity contribution in [3.8, 4) is 0 Å². The SMILES string of the molecule is c1ccc(CN2CCOC(c3cccs3)C2)cc1. The zero-order chi connectivity index (χ0) is 12.2. The highest BCUT2D eigenvalue weighted by Crippen LogP contribution is 2.26. The predicted molar refractivity (Wildman–Crippen MR) is 74.7 cm³/mol. The van der Waals surface area contributed by atoms with Crippen molar-refractivity contribution in [2.45, 2.75) is 12.6 Å². The van der Waals surface area contributed by atoms with Crippen molar-refractivity contribution in [3.05, 3.63) is 58.3 Å². The van der Waals surface area contributed by atoms with Crippen molar-refractivity contribution in [2.24, 2.45) is 0 Å². The lowest BCUT2D eigenvalue weighted by molar-refractivity contribution is -0.0311. The van der Waals surface area contributed by atoms with Gasteiger partial charge in [-0.25, -0.2) is 0 Å². The molecule has 1 aromatic carbocycles. The monoisotopic (exact) mass is 259 g/mol. The summed E-state index contributed by atoms with van der Waals surface area (Å²) in [7, 11) is 0. The first-order chi connectivity index (χ1) is 8.92. The highest BCUT2D eigenvalue weighted by molar-refractivity contribution is 7.10. The summed E-state index contributed by atoms with van der Waals surface area (Å²) in [6, 6.07) is 14.9. The standard InChI is InChI=1S/C15H17NOS/c1-2-5-13(6-3-1)11-16-8-9-17-14(12-16)15-7-4-10-18-15/h1-7,10,14H,8-9,11-12H2. The maximum absolute atomic E-state index is 5.86. The molecule has 0 spiro atoms. The first-order valence-electron chi connectivity index (χ1n) is 6.33. The largest absolute Gasteiger partial charge is 0.370 e. The van der Waals surface area contributed by atoms with Crippen molar-refractivity contribution in [2.75, 3.05) is 19.7 Å². The third-order valence-electron chi connectivity index (χ3n) is 3.26. The lowest BCUT2D eigenvalue weighted by Crippen LogP contribution is -2.37. The summed E-state index contributed by atoms with van der Waals surface area (Å²) in [5.41, 5.74) is 1.38. The molecule has 0 bridgehead atoms. The Morgan fingerprint density at radius 1 is 1.17 bits per heavy atom. The Morgan fingerprint density at radius 2 is 2.06 bits per heavy atom. The number of hydrogen-bond acceptors (Lipinski definition) is 3. The molecule has 1 atom stereocenters. The number of benzene rings is 1. The van der Waals surface area contributed by atoms with E-state index in [9.17, 15) is 0 Å². The van der Waals surface area contributed by atoms with E-state index in [1.807, 2.05) is 0 Å². The summed E-state index contributed by atoms with van der Waals surface area (Å²) >= 11 is 1.79. The first-order valence-corrected chi connectivity index (χ1v) is 7.21. The van der Waals surface area contributed by atoms with Gasteiger partial charge in [-0.15, -0.1) is 11.3 Å². The van der Waals surface area contributed by atoms with Crippen molar-refractivity contribution >= 4 is 11.3 Å². The van der Waals surface area contributed by atoms with Crippen LogP contribution in [0.5, 0.6) is 0 Å². The minimum absolute atomic E-state index is 0.252. The van der Waals surface area contributed by atoms with E-state index >= 15 is 0 Å². The molecule has 2 aromatic rings. The predicted octanol–water partition coefficient (Wildman–Crippen LogP) is 3.32. The summed E-state index contributed by atoms with van der Waals surface area (Å²) in [6.07, 6.45) is 0.252. The maximum Gasteiger partial charge on any atom is 0.104 e. The number of hydrogen-bond donors (Lipinski definition) is 0. The number of nitrogens with zero attached hydrogens (tertiary/aromatic N) is 1. The minimum atomic E-state index is 0.252. The molecule has 3 rings (SSSR count). The molecule has 0 radical (unpaired) electrons. The van der Waals surface area contributed by atoms with Gasteiger partial charge in [0, 0.05) is 24.5 Å². The van der Waals surface area contributed by atoms with Gasteiger partial charge in [0.25, 0.3) is 0 Å². The third kappa shape index (κ3) is 2.80. The second-order valence-corrected chi connectivity index (χ2v) is 5.57. The van der Waals surface area contributed by atoms with Crippen molar-refractivity contribution in [3.63, 3.8) is 0 Å². The zero-order valence-electron chi connectivity index (χ0n) is 10.3. The molecule has 0 amide bonds. The van der Waals surface area contributed by atoms with Crippen LogP contribution in [0, 0.1) is 0 Å². The number of rotatable bonds is 3. The quantitative estimate of drug-likeness (QED) is 0.838. The molecular formula is C15H17NOS. The molecular weight excluding hydrogens is 242 g/mol. The lowest BCUT2D eigenvalue weighted by Gasteiger charge is -2.32. The van der Waals surface area contributed by atoms with Crippen LogP contribution in [0.4, 0.5) is 0 Å². The summed E-state index contributed by atoms with van der Waals surface area (Å²) in [5.74, 6) is 0. The van der Waals surface area contributed by atoms with Crippen LogP contribution in [0.3, 0.4) is 0 Å². The van der Waals surface area contributed by atoms with E-state index in [0.717, 1.165) is 26.2 Å². The molecule has 1 unspecified atom stereocenters. The Morgan fingerprint density at radius 3 is 2.83 bits per heavy atom. The van der Waals surface area contributed by atoms with Crippen molar-refractivity contribution in [1.29, 1.82) is 0 Å². The Kier molecular flexibility index (Phi) is 3.74. The molecule has 1 aliphatic rings. The average molecular weight is 259 g/mol. The topological polar surface area (TPSA) is 12.5 Å². The van der Waals surface area contributed by atoms with Crippen LogP contribution >= 0.6 is 11.3 Å². The third-order valence-corrected chi connectivity index (χ3v) is 4.22. The normalized spacial score (nSPS) is 21.0. The summed E-state index contributed by atoms with van der Waals surface area (Å²) < 4.78 is 5.86. The van der Waals surface area contributed by atoms with Crippen LogP contribution in [0.15, 0.2) is 47.8 Å². The van der Waals surface area contributed by atoms with E-state index in [2.05, 4.69) is 52.7 Å². The molecule has 0 saturated carbocycles. The van der Waals surface area contributed by atoms with Crippen LogP contribution in [0.1, 0.15) is 16.5 Å². The molecule has 1 aliphatic heterocycles. The second kappa shape index (κ2) is 5.65. The van der Waals surface area contributed by atoms with Gasteiger partial charge in [-0.05, 0) is 17.0 Å². The fourth-order valence-corrected chi connectivity index (χ4v) is 3.10. The fraction of sp³-hybridized carbons (Fsp3) is 0.333. The van der Waals surface area contributed by atoms with Crippen LogP contribution in [0.25, 0.3) is 0 Å². The molecule has 1 aromatic heterocycles. The number of ether oxygens (including phenoxy) is 1. The van der Waals surface area contributed by atoms with Crippen LogP contribution in [-0.2, 0) is 11.3 Å². The van der Waals surface area contributed by atoms with Gasteiger partial charge in [0.15, 0.2) is 0 Å². The van der Waals surface area contributed by atoms with Gasteiger partial charge in [-0.3, -0.25) is 4.90 Å². The molecule has 94 valence electrons. The molecule has 3 heteroatoms. The minimum Gasteiger partial charge on any atom is -0.370 e. The molecule has 1 fully saturated rings. The molecule has 2 heterocycles. The van der Waals surface area contributed by atoms with E-state index in [4.69, 9.17) is 4.74 Å². The van der Waals surface area contributed by atoms with E-state index in [1.165, 1.54) is 10.4 Å². The van der Waals surface area contributed by atoms with E-state index < -0.39 is 0 Å². The van der Waals surface area contributed by atoms with Gasteiger partial charge in [0.1, 0.15) is 6.10 Å². The highest BCUT2D eigenvalue weighted by atomic mass is 32.1. The van der Waals surface area contributed by atoms with Gasteiger partial charge in [0.05, 0.1) is 6.61 Å². The van der Waals surface area contributed by atoms with Crippen LogP contribution < -0.4 is 0 Å². The van der Waals surface area contributed by atoms with Gasteiger partial charge in [0.2, 0.25) is 0 Å². The van der Waals surface area contributed by atoms with Gasteiger partial charge in [-0.1, -0.05) is 36.4 Å². The van der Waals surface area contributed by atoms with E-state index in [0.29, 0.717) is 0 Å². The van der Waals surface area contributed by atoms with Gasteiger partial charge >= 0.3 is 0 Å². The molecule has 18 heavy (non-hydrogen) atoms. The van der Waals surface area contributed by atoms with Gasteiger partial charge < -0.3 is 4.74 Å². The Bertz CT molecular complexity index is 469. The fourth-order valence-electron chi connectivity index (χ4n) is 2.33. The van der Waals surface area contributed by atoms with Crippen molar-refractivity contribution < 1.29 is 4.74 Å².